The SMILES string of the molecule is CCCc1cc(CNC(=O)[C@H]2CCOc3ccccc3C2)on1. The van der Waals surface area contributed by atoms with Crippen LogP contribution in [0.1, 0.15) is 36.8 Å². The van der Waals surface area contributed by atoms with E-state index in [1.54, 1.807) is 0 Å². The van der Waals surface area contributed by atoms with Gasteiger partial charge in [0, 0.05) is 12.0 Å². The predicted molar refractivity (Wildman–Crippen MR) is 86.1 cm³/mol. The first-order valence-electron chi connectivity index (χ1n) is 8.19. The third-order valence-electron chi connectivity index (χ3n) is 4.08. The van der Waals surface area contributed by atoms with Gasteiger partial charge in [-0.25, -0.2) is 0 Å². The fourth-order valence-electron chi connectivity index (χ4n) is 2.85. The summed E-state index contributed by atoms with van der Waals surface area (Å²) in [6.45, 7) is 3.05. The van der Waals surface area contributed by atoms with Gasteiger partial charge in [-0.05, 0) is 30.9 Å². The van der Waals surface area contributed by atoms with Crippen LogP contribution in [0.15, 0.2) is 34.9 Å². The zero-order valence-corrected chi connectivity index (χ0v) is 13.4. The van der Waals surface area contributed by atoms with Crippen LogP contribution in [0.3, 0.4) is 0 Å². The molecule has 1 aliphatic rings. The molecule has 0 radical (unpaired) electrons. The molecule has 1 aromatic heterocycles. The molecule has 1 aliphatic heterocycles. The lowest BCUT2D eigenvalue weighted by Crippen LogP contribution is -2.31. The van der Waals surface area contributed by atoms with E-state index in [2.05, 4.69) is 17.4 Å². The van der Waals surface area contributed by atoms with Crippen molar-refractivity contribution in [3.05, 3.63) is 47.3 Å². The molecule has 0 saturated carbocycles. The van der Waals surface area contributed by atoms with Crippen LogP contribution in [0.2, 0.25) is 0 Å². The Morgan fingerprint density at radius 2 is 2.26 bits per heavy atom. The molecule has 0 aliphatic carbocycles. The summed E-state index contributed by atoms with van der Waals surface area (Å²) in [7, 11) is 0. The van der Waals surface area contributed by atoms with Gasteiger partial charge in [0.1, 0.15) is 5.75 Å². The smallest absolute Gasteiger partial charge is 0.223 e. The van der Waals surface area contributed by atoms with E-state index in [-0.39, 0.29) is 11.8 Å². The molecule has 0 bridgehead atoms. The highest BCUT2D eigenvalue weighted by Crippen LogP contribution is 2.26. The second-order valence-corrected chi connectivity index (χ2v) is 5.90. The van der Waals surface area contributed by atoms with Crippen molar-refractivity contribution < 1.29 is 14.1 Å². The van der Waals surface area contributed by atoms with E-state index in [1.165, 1.54) is 0 Å². The van der Waals surface area contributed by atoms with E-state index in [0.29, 0.717) is 25.3 Å². The number of carbonyl (C=O) groups excluding carboxylic acids is 1. The van der Waals surface area contributed by atoms with Crippen molar-refractivity contribution in [3.63, 3.8) is 0 Å². The summed E-state index contributed by atoms with van der Waals surface area (Å²) in [5, 5.41) is 6.95. The first kappa shape index (κ1) is 15.6. The molecule has 0 spiro atoms. The first-order chi connectivity index (χ1) is 11.3. The Balaban J connectivity index is 1.57. The summed E-state index contributed by atoms with van der Waals surface area (Å²) in [6, 6.07) is 9.83. The van der Waals surface area contributed by atoms with Gasteiger partial charge in [-0.1, -0.05) is 36.7 Å². The third kappa shape index (κ3) is 3.92. The van der Waals surface area contributed by atoms with Crippen molar-refractivity contribution in [3.8, 4) is 5.75 Å². The molecular formula is C18H22N2O3. The van der Waals surface area contributed by atoms with Gasteiger partial charge in [0.2, 0.25) is 5.91 Å². The van der Waals surface area contributed by atoms with E-state index in [0.717, 1.165) is 36.3 Å². The highest BCUT2D eigenvalue weighted by molar-refractivity contribution is 5.79. The molecule has 23 heavy (non-hydrogen) atoms. The number of nitrogens with one attached hydrogen (secondary N) is 1. The van der Waals surface area contributed by atoms with Gasteiger partial charge < -0.3 is 14.6 Å². The molecule has 122 valence electrons. The fraction of sp³-hybridized carbons (Fsp3) is 0.444. The zero-order valence-electron chi connectivity index (χ0n) is 13.4. The molecule has 0 unspecified atom stereocenters. The average Bonchev–Trinajstić information content (AvgIpc) is 2.89. The molecule has 1 N–H and O–H groups in total. The van der Waals surface area contributed by atoms with Crippen molar-refractivity contribution in [1.82, 2.24) is 10.5 Å². The maximum Gasteiger partial charge on any atom is 0.223 e. The molecule has 1 amide bonds. The maximum atomic E-state index is 12.4. The molecule has 2 aromatic rings. The summed E-state index contributed by atoms with van der Waals surface area (Å²) in [5.74, 6) is 1.56. The highest BCUT2D eigenvalue weighted by atomic mass is 16.5. The molecule has 1 atom stereocenters. The fourth-order valence-corrected chi connectivity index (χ4v) is 2.85. The summed E-state index contributed by atoms with van der Waals surface area (Å²) >= 11 is 0. The molecule has 2 heterocycles. The number of rotatable bonds is 5. The minimum absolute atomic E-state index is 0.0405. The van der Waals surface area contributed by atoms with Gasteiger partial charge in [-0.15, -0.1) is 0 Å². The van der Waals surface area contributed by atoms with Gasteiger partial charge in [-0.2, -0.15) is 0 Å². The minimum Gasteiger partial charge on any atom is -0.493 e. The summed E-state index contributed by atoms with van der Waals surface area (Å²) in [6.07, 6.45) is 3.35. The number of hydrogen-bond acceptors (Lipinski definition) is 4. The molecule has 0 saturated heterocycles. The van der Waals surface area contributed by atoms with Crippen LogP contribution in [0.25, 0.3) is 0 Å². The second-order valence-electron chi connectivity index (χ2n) is 5.90. The van der Waals surface area contributed by atoms with Crippen LogP contribution >= 0.6 is 0 Å². The largest absolute Gasteiger partial charge is 0.493 e. The lowest BCUT2D eigenvalue weighted by atomic mass is 9.96. The monoisotopic (exact) mass is 314 g/mol. The van der Waals surface area contributed by atoms with Crippen LogP contribution in [0.4, 0.5) is 0 Å². The van der Waals surface area contributed by atoms with Gasteiger partial charge in [-0.3, -0.25) is 4.79 Å². The van der Waals surface area contributed by atoms with Crippen LogP contribution in [-0.2, 0) is 24.2 Å². The van der Waals surface area contributed by atoms with Crippen molar-refractivity contribution in [2.45, 2.75) is 39.2 Å². The van der Waals surface area contributed by atoms with E-state index in [9.17, 15) is 4.79 Å². The number of para-hydroxylation sites is 1. The van der Waals surface area contributed by atoms with Crippen LogP contribution in [0.5, 0.6) is 5.75 Å². The number of amides is 1. The Morgan fingerprint density at radius 1 is 1.39 bits per heavy atom. The summed E-state index contributed by atoms with van der Waals surface area (Å²) in [4.78, 5) is 12.4. The summed E-state index contributed by atoms with van der Waals surface area (Å²) in [5.41, 5.74) is 2.03. The van der Waals surface area contributed by atoms with Crippen LogP contribution < -0.4 is 10.1 Å². The number of nitrogens with zero attached hydrogens (tertiary/aromatic N) is 1. The number of benzene rings is 1. The van der Waals surface area contributed by atoms with Crippen molar-refractivity contribution in [1.29, 1.82) is 0 Å². The molecule has 5 nitrogen and oxygen atoms in total. The lowest BCUT2D eigenvalue weighted by Gasteiger charge is -2.13. The van der Waals surface area contributed by atoms with Crippen molar-refractivity contribution >= 4 is 5.91 Å². The van der Waals surface area contributed by atoms with Crippen molar-refractivity contribution in [2.75, 3.05) is 6.61 Å². The normalized spacial score (nSPS) is 17.0. The van der Waals surface area contributed by atoms with Gasteiger partial charge in [0.25, 0.3) is 0 Å². The lowest BCUT2D eigenvalue weighted by molar-refractivity contribution is -0.125. The zero-order chi connectivity index (χ0) is 16.1. The van der Waals surface area contributed by atoms with E-state index in [4.69, 9.17) is 9.26 Å². The van der Waals surface area contributed by atoms with Crippen LogP contribution in [-0.4, -0.2) is 17.7 Å². The number of aromatic nitrogens is 1. The molecular weight excluding hydrogens is 292 g/mol. The third-order valence-corrected chi connectivity index (χ3v) is 4.08. The number of carbonyl (C=O) groups is 1. The summed E-state index contributed by atoms with van der Waals surface area (Å²) < 4.78 is 11.0. The average molecular weight is 314 g/mol. The number of ether oxygens (including phenoxy) is 1. The quantitative estimate of drug-likeness (QED) is 0.921. The molecule has 3 rings (SSSR count). The predicted octanol–water partition coefficient (Wildman–Crippen LogP) is 2.88. The Hall–Kier alpha value is -2.30. The topological polar surface area (TPSA) is 64.4 Å². The van der Waals surface area contributed by atoms with Gasteiger partial charge in [0.15, 0.2) is 5.76 Å². The second kappa shape index (κ2) is 7.31. The molecule has 1 aromatic carbocycles. The standard InChI is InChI=1S/C18H22N2O3/c1-2-5-15-11-16(23-20-15)12-19-18(21)14-8-9-22-17-7-4-3-6-13(17)10-14/h3-4,6-7,11,14H,2,5,8-10,12H2,1H3,(H,19,21)/t14-/m0/s1. The van der Waals surface area contributed by atoms with E-state index < -0.39 is 0 Å². The molecule has 0 fully saturated rings. The number of fused-ring (bicyclic) bond motifs is 1. The van der Waals surface area contributed by atoms with Gasteiger partial charge >= 0.3 is 0 Å². The number of aryl methyl sites for hydroxylation is 1. The Morgan fingerprint density at radius 3 is 3.13 bits per heavy atom. The first-order valence-corrected chi connectivity index (χ1v) is 8.19. The highest BCUT2D eigenvalue weighted by Gasteiger charge is 2.23. The van der Waals surface area contributed by atoms with Crippen molar-refractivity contribution in [2.24, 2.45) is 5.92 Å². The minimum atomic E-state index is -0.0725. The van der Waals surface area contributed by atoms with Crippen LogP contribution in [0, 0.1) is 5.92 Å². The Labute approximate surface area is 136 Å². The van der Waals surface area contributed by atoms with E-state index in [1.807, 2.05) is 30.3 Å². The Bertz CT molecular complexity index is 666. The van der Waals surface area contributed by atoms with E-state index >= 15 is 0 Å². The maximum absolute atomic E-state index is 12.4. The number of hydrogen-bond donors (Lipinski definition) is 1. The Kier molecular flexibility index (Phi) is 4.95. The molecule has 5 heteroatoms. The van der Waals surface area contributed by atoms with Gasteiger partial charge in [0.05, 0.1) is 18.8 Å².